The van der Waals surface area contributed by atoms with Crippen molar-refractivity contribution in [3.63, 3.8) is 0 Å². The van der Waals surface area contributed by atoms with Crippen molar-refractivity contribution in [3.05, 3.63) is 24.0 Å². The first kappa shape index (κ1) is 17.4. The average molecular weight is 295 g/mol. The minimum Gasteiger partial charge on any atom is -0.399 e. The summed E-state index contributed by atoms with van der Waals surface area (Å²) in [5.74, 6) is -0.637. The van der Waals surface area contributed by atoms with Gasteiger partial charge in [0.05, 0.1) is 5.69 Å². The predicted molar refractivity (Wildman–Crippen MR) is 85.7 cm³/mol. The summed E-state index contributed by atoms with van der Waals surface area (Å²) in [6.07, 6.45) is 3.50. The van der Waals surface area contributed by atoms with E-state index < -0.39 is 5.82 Å². The van der Waals surface area contributed by atoms with E-state index in [0.717, 1.165) is 26.1 Å². The monoisotopic (exact) mass is 295 g/mol. The van der Waals surface area contributed by atoms with E-state index in [0.29, 0.717) is 12.1 Å². The van der Waals surface area contributed by atoms with E-state index >= 15 is 0 Å². The number of anilines is 2. The van der Waals surface area contributed by atoms with Crippen LogP contribution in [0.15, 0.2) is 18.2 Å². The van der Waals surface area contributed by atoms with Crippen LogP contribution in [0, 0.1) is 5.82 Å². The van der Waals surface area contributed by atoms with Gasteiger partial charge in [-0.15, -0.1) is 0 Å². The van der Waals surface area contributed by atoms with Gasteiger partial charge < -0.3 is 16.0 Å². The Morgan fingerprint density at radius 2 is 2.00 bits per heavy atom. The highest BCUT2D eigenvalue weighted by molar-refractivity contribution is 5.91. The van der Waals surface area contributed by atoms with Crippen LogP contribution in [0.2, 0.25) is 0 Å². The summed E-state index contributed by atoms with van der Waals surface area (Å²) in [5, 5.41) is 2.57. The van der Waals surface area contributed by atoms with E-state index in [-0.39, 0.29) is 11.6 Å². The van der Waals surface area contributed by atoms with Crippen molar-refractivity contribution in [2.24, 2.45) is 0 Å². The summed E-state index contributed by atoms with van der Waals surface area (Å²) in [6.45, 7) is 7.24. The number of nitrogens with two attached hydrogens (primary N) is 1. The third-order valence-corrected chi connectivity index (χ3v) is 3.42. The Labute approximate surface area is 126 Å². The number of carbonyl (C=O) groups is 1. The van der Waals surface area contributed by atoms with Crippen LogP contribution in [-0.2, 0) is 4.79 Å². The van der Waals surface area contributed by atoms with Gasteiger partial charge in [0.25, 0.3) is 0 Å². The van der Waals surface area contributed by atoms with Gasteiger partial charge in [-0.25, -0.2) is 4.39 Å². The number of hydrogen-bond acceptors (Lipinski definition) is 3. The Morgan fingerprint density at radius 3 is 2.67 bits per heavy atom. The standard InChI is InChI=1S/C16H26FN3O/c1-3-5-10-20(4-2)11-6-7-16(21)19-15-12-13(18)8-9-14(15)17/h8-9,12H,3-7,10-11,18H2,1-2H3,(H,19,21). The fourth-order valence-corrected chi connectivity index (χ4v) is 2.12. The zero-order valence-electron chi connectivity index (χ0n) is 13.0. The number of benzene rings is 1. The molecule has 0 aliphatic carbocycles. The molecule has 1 rings (SSSR count). The average Bonchev–Trinajstić information content (AvgIpc) is 2.46. The zero-order valence-corrected chi connectivity index (χ0v) is 13.0. The van der Waals surface area contributed by atoms with Gasteiger partial charge in [-0.05, 0) is 50.7 Å². The van der Waals surface area contributed by atoms with Crippen molar-refractivity contribution in [3.8, 4) is 0 Å². The number of nitrogen functional groups attached to an aromatic ring is 1. The summed E-state index contributed by atoms with van der Waals surface area (Å²) >= 11 is 0. The van der Waals surface area contributed by atoms with Gasteiger partial charge >= 0.3 is 0 Å². The van der Waals surface area contributed by atoms with Crippen LogP contribution in [0.4, 0.5) is 15.8 Å². The molecule has 0 radical (unpaired) electrons. The third-order valence-electron chi connectivity index (χ3n) is 3.42. The van der Waals surface area contributed by atoms with Gasteiger partial charge in [0, 0.05) is 12.1 Å². The molecule has 0 saturated heterocycles. The normalized spacial score (nSPS) is 10.9. The van der Waals surface area contributed by atoms with Gasteiger partial charge in [-0.2, -0.15) is 0 Å². The highest BCUT2D eigenvalue weighted by Gasteiger charge is 2.08. The van der Waals surface area contributed by atoms with Gasteiger partial charge in [0.15, 0.2) is 0 Å². The predicted octanol–water partition coefficient (Wildman–Crippen LogP) is 3.25. The first-order chi connectivity index (χ1) is 10.1. The number of rotatable bonds is 9. The maximum atomic E-state index is 13.5. The topological polar surface area (TPSA) is 58.4 Å². The second-order valence-corrected chi connectivity index (χ2v) is 5.18. The highest BCUT2D eigenvalue weighted by Crippen LogP contribution is 2.17. The maximum absolute atomic E-state index is 13.5. The van der Waals surface area contributed by atoms with Crippen molar-refractivity contribution in [2.45, 2.75) is 39.5 Å². The number of halogens is 1. The Morgan fingerprint density at radius 1 is 1.29 bits per heavy atom. The molecular formula is C16H26FN3O. The molecule has 118 valence electrons. The Balaban J connectivity index is 2.35. The lowest BCUT2D eigenvalue weighted by Gasteiger charge is -2.19. The molecule has 5 heteroatoms. The molecule has 0 saturated carbocycles. The molecule has 21 heavy (non-hydrogen) atoms. The zero-order chi connectivity index (χ0) is 15.7. The minimum absolute atomic E-state index is 0.151. The smallest absolute Gasteiger partial charge is 0.224 e. The van der Waals surface area contributed by atoms with Crippen LogP contribution in [0.3, 0.4) is 0 Å². The number of hydrogen-bond donors (Lipinski definition) is 2. The van der Waals surface area contributed by atoms with Crippen LogP contribution >= 0.6 is 0 Å². The maximum Gasteiger partial charge on any atom is 0.224 e. The van der Waals surface area contributed by atoms with E-state index in [2.05, 4.69) is 24.1 Å². The molecule has 0 bridgehead atoms. The minimum atomic E-state index is -0.462. The quantitative estimate of drug-likeness (QED) is 0.688. The van der Waals surface area contributed by atoms with Gasteiger partial charge in [0.2, 0.25) is 5.91 Å². The first-order valence-electron chi connectivity index (χ1n) is 7.64. The molecule has 0 aliphatic heterocycles. The molecule has 0 atom stereocenters. The van der Waals surface area contributed by atoms with Crippen molar-refractivity contribution >= 4 is 17.3 Å². The summed E-state index contributed by atoms with van der Waals surface area (Å²) in [6, 6.07) is 4.17. The van der Waals surface area contributed by atoms with Gasteiger partial charge in [-0.1, -0.05) is 20.3 Å². The first-order valence-corrected chi connectivity index (χ1v) is 7.64. The van der Waals surface area contributed by atoms with Crippen molar-refractivity contribution in [1.29, 1.82) is 0 Å². The second kappa shape index (κ2) is 9.34. The molecule has 0 heterocycles. The van der Waals surface area contributed by atoms with Crippen LogP contribution < -0.4 is 11.1 Å². The number of nitrogens with zero attached hydrogens (tertiary/aromatic N) is 1. The highest BCUT2D eigenvalue weighted by atomic mass is 19.1. The Bertz CT molecular complexity index is 451. The largest absolute Gasteiger partial charge is 0.399 e. The molecular weight excluding hydrogens is 269 g/mol. The molecule has 4 nitrogen and oxygen atoms in total. The van der Waals surface area contributed by atoms with Gasteiger partial charge in [-0.3, -0.25) is 4.79 Å². The molecule has 0 aromatic heterocycles. The molecule has 0 fully saturated rings. The fourth-order valence-electron chi connectivity index (χ4n) is 2.12. The molecule has 0 spiro atoms. The number of unbranched alkanes of at least 4 members (excludes halogenated alkanes) is 1. The van der Waals surface area contributed by atoms with E-state index in [4.69, 9.17) is 5.73 Å². The number of amides is 1. The van der Waals surface area contributed by atoms with E-state index in [1.165, 1.54) is 31.0 Å². The summed E-state index contributed by atoms with van der Waals surface area (Å²) < 4.78 is 13.5. The lowest BCUT2D eigenvalue weighted by Crippen LogP contribution is -2.26. The summed E-state index contributed by atoms with van der Waals surface area (Å²) in [5.41, 5.74) is 6.17. The SMILES string of the molecule is CCCCN(CC)CCCC(=O)Nc1cc(N)ccc1F. The lowest BCUT2D eigenvalue weighted by atomic mass is 10.2. The van der Waals surface area contributed by atoms with E-state index in [9.17, 15) is 9.18 Å². The van der Waals surface area contributed by atoms with Crippen LogP contribution in [0.5, 0.6) is 0 Å². The number of carbonyl (C=O) groups excluding carboxylic acids is 1. The van der Waals surface area contributed by atoms with Crippen molar-refractivity contribution in [1.82, 2.24) is 4.90 Å². The van der Waals surface area contributed by atoms with Crippen LogP contribution in [0.1, 0.15) is 39.5 Å². The van der Waals surface area contributed by atoms with E-state index in [1.807, 2.05) is 0 Å². The Hall–Kier alpha value is -1.62. The number of nitrogens with one attached hydrogen (secondary N) is 1. The molecule has 1 aromatic carbocycles. The lowest BCUT2D eigenvalue weighted by molar-refractivity contribution is -0.116. The summed E-state index contributed by atoms with van der Waals surface area (Å²) in [4.78, 5) is 14.2. The molecule has 1 aromatic rings. The third kappa shape index (κ3) is 6.58. The Kier molecular flexibility index (Phi) is 7.75. The van der Waals surface area contributed by atoms with E-state index in [1.54, 1.807) is 0 Å². The molecule has 0 aliphatic rings. The fraction of sp³-hybridized carbons (Fsp3) is 0.562. The molecule has 3 N–H and O–H groups in total. The molecule has 0 unspecified atom stereocenters. The van der Waals surface area contributed by atoms with Crippen molar-refractivity contribution < 1.29 is 9.18 Å². The van der Waals surface area contributed by atoms with Gasteiger partial charge in [0.1, 0.15) is 5.82 Å². The van der Waals surface area contributed by atoms with Crippen molar-refractivity contribution in [2.75, 3.05) is 30.7 Å². The molecule has 1 amide bonds. The second-order valence-electron chi connectivity index (χ2n) is 5.18. The van der Waals surface area contributed by atoms with Crippen LogP contribution in [-0.4, -0.2) is 30.4 Å². The van der Waals surface area contributed by atoms with Crippen LogP contribution in [0.25, 0.3) is 0 Å². The summed E-state index contributed by atoms with van der Waals surface area (Å²) in [7, 11) is 0.